The number of anilines is 1. The summed E-state index contributed by atoms with van der Waals surface area (Å²) in [6, 6.07) is 6.20. The summed E-state index contributed by atoms with van der Waals surface area (Å²) in [6.45, 7) is 8.13. The molecule has 1 saturated heterocycles. The maximum atomic E-state index is 9.50. The van der Waals surface area contributed by atoms with Crippen molar-refractivity contribution in [2.75, 3.05) is 24.6 Å². The van der Waals surface area contributed by atoms with Gasteiger partial charge < -0.3 is 15.3 Å². The Hall–Kier alpha value is -0.770. The van der Waals surface area contributed by atoms with Crippen LogP contribution in [0, 0.1) is 6.92 Å². The molecule has 1 heterocycles. The van der Waals surface area contributed by atoms with Gasteiger partial charge in [0.2, 0.25) is 0 Å². The summed E-state index contributed by atoms with van der Waals surface area (Å²) >= 11 is 6.19. The van der Waals surface area contributed by atoms with E-state index in [0.717, 1.165) is 29.4 Å². The number of hydrogen-bond donors (Lipinski definition) is 2. The minimum absolute atomic E-state index is 0.0447. The van der Waals surface area contributed by atoms with Crippen LogP contribution in [0.2, 0.25) is 5.02 Å². The van der Waals surface area contributed by atoms with Crippen LogP contribution in [-0.4, -0.2) is 36.4 Å². The quantitative estimate of drug-likeness (QED) is 0.863. The Morgan fingerprint density at radius 3 is 2.83 bits per heavy atom. The summed E-state index contributed by atoms with van der Waals surface area (Å²) in [5.41, 5.74) is 2.21. The number of benzene rings is 1. The summed E-state index contributed by atoms with van der Waals surface area (Å²) in [7, 11) is 0. The fourth-order valence-corrected chi connectivity index (χ4v) is 2.52. The third-order valence-electron chi connectivity index (χ3n) is 3.52. The van der Waals surface area contributed by atoms with Crippen LogP contribution in [0.1, 0.15) is 19.4 Å². The van der Waals surface area contributed by atoms with Gasteiger partial charge in [0.15, 0.2) is 0 Å². The van der Waals surface area contributed by atoms with E-state index in [4.69, 9.17) is 11.6 Å². The summed E-state index contributed by atoms with van der Waals surface area (Å²) in [5.74, 6) is 0. The molecule has 1 fully saturated rings. The lowest BCUT2D eigenvalue weighted by atomic mass is 9.98. The van der Waals surface area contributed by atoms with Crippen molar-refractivity contribution in [2.24, 2.45) is 0 Å². The van der Waals surface area contributed by atoms with Crippen molar-refractivity contribution in [3.63, 3.8) is 0 Å². The van der Waals surface area contributed by atoms with Gasteiger partial charge in [-0.1, -0.05) is 17.7 Å². The van der Waals surface area contributed by atoms with Crippen LogP contribution in [0.15, 0.2) is 18.2 Å². The van der Waals surface area contributed by atoms with Crippen molar-refractivity contribution in [3.8, 4) is 0 Å². The molecule has 0 aliphatic carbocycles. The fourth-order valence-electron chi connectivity index (χ4n) is 2.34. The number of rotatable bonds is 2. The Bertz CT molecular complexity index is 434. The average Bonchev–Trinajstić information content (AvgIpc) is 2.32. The molecule has 2 rings (SSSR count). The third kappa shape index (κ3) is 2.79. The van der Waals surface area contributed by atoms with Gasteiger partial charge in [0.1, 0.15) is 0 Å². The predicted octanol–water partition coefficient (Wildman–Crippen LogP) is 2.20. The number of piperazine rings is 1. The van der Waals surface area contributed by atoms with Crippen molar-refractivity contribution >= 4 is 17.3 Å². The Balaban J connectivity index is 2.29. The van der Waals surface area contributed by atoms with Crippen molar-refractivity contribution in [1.82, 2.24) is 5.32 Å². The lowest BCUT2D eigenvalue weighted by Crippen LogP contribution is -2.62. The Labute approximate surface area is 114 Å². The standard InChI is InChI=1S/C14H21ClN2O/c1-10-4-5-11(6-13(10)15)17-9-14(2,3)16-7-12(17)8-18/h4-6,12,16,18H,7-9H2,1-3H3. The zero-order chi connectivity index (χ0) is 13.3. The highest BCUT2D eigenvalue weighted by atomic mass is 35.5. The molecule has 2 N–H and O–H groups in total. The molecule has 0 saturated carbocycles. The van der Waals surface area contributed by atoms with Crippen molar-refractivity contribution in [2.45, 2.75) is 32.4 Å². The van der Waals surface area contributed by atoms with Gasteiger partial charge in [-0.05, 0) is 38.5 Å². The van der Waals surface area contributed by atoms with Gasteiger partial charge >= 0.3 is 0 Å². The van der Waals surface area contributed by atoms with Crippen molar-refractivity contribution in [3.05, 3.63) is 28.8 Å². The highest BCUT2D eigenvalue weighted by molar-refractivity contribution is 6.31. The Morgan fingerprint density at radius 1 is 1.50 bits per heavy atom. The van der Waals surface area contributed by atoms with E-state index >= 15 is 0 Å². The smallest absolute Gasteiger partial charge is 0.0647 e. The number of aryl methyl sites for hydroxylation is 1. The molecule has 1 aliphatic heterocycles. The van der Waals surface area contributed by atoms with Crippen LogP contribution in [0.5, 0.6) is 0 Å². The number of aliphatic hydroxyl groups is 1. The number of hydrogen-bond acceptors (Lipinski definition) is 3. The van der Waals surface area contributed by atoms with Crippen LogP contribution in [0.4, 0.5) is 5.69 Å². The molecule has 0 aromatic heterocycles. The monoisotopic (exact) mass is 268 g/mol. The van der Waals surface area contributed by atoms with E-state index in [1.165, 1.54) is 0 Å². The van der Waals surface area contributed by atoms with Gasteiger partial charge in [0.05, 0.1) is 12.6 Å². The first-order valence-electron chi connectivity index (χ1n) is 6.31. The first-order valence-corrected chi connectivity index (χ1v) is 6.69. The van der Waals surface area contributed by atoms with Gasteiger partial charge in [-0.25, -0.2) is 0 Å². The van der Waals surface area contributed by atoms with Crippen LogP contribution in [-0.2, 0) is 0 Å². The molecule has 1 atom stereocenters. The molecule has 4 heteroatoms. The summed E-state index contributed by atoms with van der Waals surface area (Å²) in [6.07, 6.45) is 0. The second kappa shape index (κ2) is 5.08. The van der Waals surface area contributed by atoms with Gasteiger partial charge in [-0.2, -0.15) is 0 Å². The lowest BCUT2D eigenvalue weighted by Gasteiger charge is -2.45. The van der Waals surface area contributed by atoms with E-state index < -0.39 is 0 Å². The first-order chi connectivity index (χ1) is 8.43. The zero-order valence-corrected chi connectivity index (χ0v) is 12.0. The Morgan fingerprint density at radius 2 is 2.22 bits per heavy atom. The number of nitrogens with one attached hydrogen (secondary N) is 1. The summed E-state index contributed by atoms with van der Waals surface area (Å²) < 4.78 is 0. The largest absolute Gasteiger partial charge is 0.394 e. The third-order valence-corrected chi connectivity index (χ3v) is 3.93. The molecule has 3 nitrogen and oxygen atoms in total. The number of nitrogens with zero attached hydrogens (tertiary/aromatic N) is 1. The molecule has 1 unspecified atom stereocenters. The SMILES string of the molecule is Cc1ccc(N2CC(C)(C)NCC2CO)cc1Cl. The zero-order valence-electron chi connectivity index (χ0n) is 11.2. The predicted molar refractivity (Wildman–Crippen MR) is 76.5 cm³/mol. The molecular formula is C14H21ClN2O. The van der Waals surface area contributed by atoms with Gasteiger partial charge in [0, 0.05) is 29.3 Å². The highest BCUT2D eigenvalue weighted by Crippen LogP contribution is 2.27. The molecular weight excluding hydrogens is 248 g/mol. The molecule has 0 amide bonds. The second-order valence-corrected chi connectivity index (χ2v) is 6.07. The molecule has 0 spiro atoms. The second-order valence-electron chi connectivity index (χ2n) is 5.66. The van der Waals surface area contributed by atoms with Crippen molar-refractivity contribution < 1.29 is 5.11 Å². The van der Waals surface area contributed by atoms with Gasteiger partial charge in [-0.3, -0.25) is 0 Å². The molecule has 100 valence electrons. The topological polar surface area (TPSA) is 35.5 Å². The van der Waals surface area contributed by atoms with Gasteiger partial charge in [0.25, 0.3) is 0 Å². The minimum Gasteiger partial charge on any atom is -0.394 e. The van der Waals surface area contributed by atoms with Crippen LogP contribution >= 0.6 is 11.6 Å². The molecule has 1 aliphatic rings. The minimum atomic E-state index is 0.0447. The van der Waals surface area contributed by atoms with E-state index in [2.05, 4.69) is 30.1 Å². The molecule has 18 heavy (non-hydrogen) atoms. The van der Waals surface area contributed by atoms with Gasteiger partial charge in [-0.15, -0.1) is 0 Å². The van der Waals surface area contributed by atoms with E-state index in [9.17, 15) is 5.11 Å². The van der Waals surface area contributed by atoms with E-state index in [1.807, 2.05) is 19.1 Å². The highest BCUT2D eigenvalue weighted by Gasteiger charge is 2.32. The summed E-state index contributed by atoms with van der Waals surface area (Å²) in [5, 5.41) is 13.7. The maximum absolute atomic E-state index is 9.50. The molecule has 1 aromatic carbocycles. The normalized spacial score (nSPS) is 23.2. The van der Waals surface area contributed by atoms with Crippen LogP contribution in [0.25, 0.3) is 0 Å². The average molecular weight is 269 g/mol. The summed E-state index contributed by atoms with van der Waals surface area (Å²) in [4.78, 5) is 2.24. The number of aliphatic hydroxyl groups excluding tert-OH is 1. The van der Waals surface area contributed by atoms with E-state index in [1.54, 1.807) is 0 Å². The molecule has 0 radical (unpaired) electrons. The molecule has 0 bridgehead atoms. The van der Waals surface area contributed by atoms with E-state index in [-0.39, 0.29) is 18.2 Å². The number of halogens is 1. The van der Waals surface area contributed by atoms with Crippen molar-refractivity contribution in [1.29, 1.82) is 0 Å². The van der Waals surface area contributed by atoms with E-state index in [0.29, 0.717) is 0 Å². The fraction of sp³-hybridized carbons (Fsp3) is 0.571. The maximum Gasteiger partial charge on any atom is 0.0647 e. The Kier molecular flexibility index (Phi) is 3.85. The van der Waals surface area contributed by atoms with Crippen LogP contribution in [0.3, 0.4) is 0 Å². The lowest BCUT2D eigenvalue weighted by molar-refractivity contribution is 0.215. The van der Waals surface area contributed by atoms with Crippen LogP contribution < -0.4 is 10.2 Å². The molecule has 1 aromatic rings. The first kappa shape index (κ1) is 13.7.